The van der Waals surface area contributed by atoms with Crippen LogP contribution in [0.5, 0.6) is 0 Å². The maximum absolute atomic E-state index is 12.1. The minimum atomic E-state index is -3.33. The summed E-state index contributed by atoms with van der Waals surface area (Å²) in [4.78, 5) is 13.8. The van der Waals surface area contributed by atoms with E-state index < -0.39 is 15.1 Å². The third-order valence-corrected chi connectivity index (χ3v) is 5.01. The van der Waals surface area contributed by atoms with Crippen molar-refractivity contribution in [1.29, 1.82) is 0 Å². The lowest BCUT2D eigenvalue weighted by atomic mass is 9.92. The predicted molar refractivity (Wildman–Crippen MR) is 74.5 cm³/mol. The smallest absolute Gasteiger partial charge is 0.240 e. The van der Waals surface area contributed by atoms with Gasteiger partial charge in [0.15, 0.2) is 9.84 Å². The van der Waals surface area contributed by atoms with E-state index in [-0.39, 0.29) is 24.4 Å². The Kier molecular flexibility index (Phi) is 6.60. The van der Waals surface area contributed by atoms with Gasteiger partial charge in [-0.25, -0.2) is 8.42 Å². The number of hydrogen-bond donors (Lipinski definition) is 1. The van der Waals surface area contributed by atoms with Crippen LogP contribution >= 0.6 is 12.4 Å². The molecule has 0 spiro atoms. The van der Waals surface area contributed by atoms with Crippen LogP contribution in [0.15, 0.2) is 0 Å². The molecule has 7 heteroatoms. The van der Waals surface area contributed by atoms with Gasteiger partial charge in [-0.3, -0.25) is 4.79 Å². The monoisotopic (exact) mass is 298 g/mol. The van der Waals surface area contributed by atoms with Gasteiger partial charge >= 0.3 is 0 Å². The van der Waals surface area contributed by atoms with Crippen LogP contribution in [-0.2, 0) is 14.6 Å². The quantitative estimate of drug-likeness (QED) is 0.819. The zero-order chi connectivity index (χ0) is 13.2. The Balaban J connectivity index is 0.00000289. The first-order valence-corrected chi connectivity index (χ1v) is 7.92. The molecular weight excluding hydrogens is 276 g/mol. The van der Waals surface area contributed by atoms with Crippen LogP contribution in [-0.4, -0.2) is 49.9 Å². The lowest BCUT2D eigenvalue weighted by Gasteiger charge is -2.39. The molecule has 0 bridgehead atoms. The van der Waals surface area contributed by atoms with Crippen LogP contribution in [0.25, 0.3) is 0 Å². The fourth-order valence-corrected chi connectivity index (χ4v) is 2.68. The summed E-state index contributed by atoms with van der Waals surface area (Å²) in [5, 5.41) is -0.968. The molecule has 1 heterocycles. The number of nitrogens with zero attached hydrogens (tertiary/aromatic N) is 1. The molecule has 1 rings (SSSR count). The highest BCUT2D eigenvalue weighted by molar-refractivity contribution is 7.92. The first kappa shape index (κ1) is 17.7. The highest BCUT2D eigenvalue weighted by atomic mass is 35.5. The molecule has 1 aliphatic rings. The molecule has 1 fully saturated rings. The second-order valence-corrected chi connectivity index (χ2v) is 7.39. The van der Waals surface area contributed by atoms with Gasteiger partial charge in [0.05, 0.1) is 0 Å². The molecule has 3 unspecified atom stereocenters. The maximum atomic E-state index is 12.1. The van der Waals surface area contributed by atoms with Crippen molar-refractivity contribution in [3.63, 3.8) is 0 Å². The average molecular weight is 299 g/mol. The van der Waals surface area contributed by atoms with Crippen LogP contribution < -0.4 is 5.73 Å². The van der Waals surface area contributed by atoms with E-state index in [9.17, 15) is 13.2 Å². The highest BCUT2D eigenvalue weighted by Crippen LogP contribution is 2.23. The van der Waals surface area contributed by atoms with E-state index in [2.05, 4.69) is 6.92 Å². The van der Waals surface area contributed by atoms with E-state index >= 15 is 0 Å². The Labute approximate surface area is 115 Å². The van der Waals surface area contributed by atoms with Gasteiger partial charge in [-0.15, -0.1) is 12.4 Å². The molecule has 0 saturated carbocycles. The maximum Gasteiger partial charge on any atom is 0.240 e. The summed E-state index contributed by atoms with van der Waals surface area (Å²) < 4.78 is 22.8. The normalized spacial score (nSPS) is 26.3. The van der Waals surface area contributed by atoms with Gasteiger partial charge in [-0.2, -0.15) is 0 Å². The molecule has 0 aromatic rings. The van der Waals surface area contributed by atoms with Crippen LogP contribution in [0.1, 0.15) is 26.7 Å². The summed E-state index contributed by atoms with van der Waals surface area (Å²) >= 11 is 0. The van der Waals surface area contributed by atoms with E-state index in [4.69, 9.17) is 5.73 Å². The van der Waals surface area contributed by atoms with Gasteiger partial charge in [0, 0.05) is 25.4 Å². The molecule has 108 valence electrons. The lowest BCUT2D eigenvalue weighted by Crippen LogP contribution is -2.53. The van der Waals surface area contributed by atoms with E-state index in [0.717, 1.165) is 19.1 Å². The van der Waals surface area contributed by atoms with E-state index in [0.29, 0.717) is 19.0 Å². The summed E-state index contributed by atoms with van der Waals surface area (Å²) in [5.74, 6) is 0.232. The van der Waals surface area contributed by atoms with Gasteiger partial charge < -0.3 is 10.6 Å². The summed E-state index contributed by atoms with van der Waals surface area (Å²) in [7, 11) is -3.33. The Bertz CT molecular complexity index is 386. The Morgan fingerprint density at radius 3 is 2.50 bits per heavy atom. The summed E-state index contributed by atoms with van der Waals surface area (Å²) in [5.41, 5.74) is 5.66. The number of piperidine rings is 1. The van der Waals surface area contributed by atoms with Crippen molar-refractivity contribution in [2.75, 3.05) is 19.3 Å². The van der Waals surface area contributed by atoms with Crippen molar-refractivity contribution in [3.8, 4) is 0 Å². The average Bonchev–Trinajstić information content (AvgIpc) is 2.25. The van der Waals surface area contributed by atoms with Crippen LogP contribution in [0.2, 0.25) is 0 Å². The Morgan fingerprint density at radius 2 is 2.06 bits per heavy atom. The van der Waals surface area contributed by atoms with Crippen molar-refractivity contribution in [1.82, 2.24) is 4.90 Å². The Hall–Kier alpha value is -0.330. The molecule has 1 aliphatic heterocycles. The van der Waals surface area contributed by atoms with Crippen molar-refractivity contribution in [3.05, 3.63) is 0 Å². The summed E-state index contributed by atoms with van der Waals surface area (Å²) in [6, 6.07) is -0.0181. The van der Waals surface area contributed by atoms with Crippen molar-refractivity contribution in [2.45, 2.75) is 38.0 Å². The molecule has 0 aliphatic carbocycles. The number of nitrogens with two attached hydrogens (primary N) is 1. The van der Waals surface area contributed by atoms with Gasteiger partial charge in [0.2, 0.25) is 5.91 Å². The number of hydrogen-bond acceptors (Lipinski definition) is 4. The zero-order valence-corrected chi connectivity index (χ0v) is 12.8. The fraction of sp³-hybridized carbons (Fsp3) is 0.909. The van der Waals surface area contributed by atoms with E-state index in [1.807, 2.05) is 0 Å². The number of carbonyl (C=O) groups excluding carboxylic acids is 1. The molecule has 5 nitrogen and oxygen atoms in total. The molecule has 1 amide bonds. The first-order chi connectivity index (χ1) is 7.77. The first-order valence-electron chi connectivity index (χ1n) is 5.96. The fourth-order valence-electron chi connectivity index (χ4n) is 2.18. The van der Waals surface area contributed by atoms with Crippen molar-refractivity contribution < 1.29 is 13.2 Å². The Morgan fingerprint density at radius 1 is 1.50 bits per heavy atom. The van der Waals surface area contributed by atoms with Gasteiger partial charge in [-0.05, 0) is 25.7 Å². The van der Waals surface area contributed by atoms with Crippen LogP contribution in [0.3, 0.4) is 0 Å². The molecular formula is C11H23ClN2O3S. The largest absolute Gasteiger partial charge is 0.337 e. The number of carbonyl (C=O) groups is 1. The molecule has 18 heavy (non-hydrogen) atoms. The third-order valence-electron chi connectivity index (χ3n) is 3.52. The molecule has 0 aromatic heterocycles. The topological polar surface area (TPSA) is 80.5 Å². The van der Waals surface area contributed by atoms with Gasteiger partial charge in [0.1, 0.15) is 5.25 Å². The SMILES string of the molecule is CC1CCN(C(=O)C(C)S(C)(=O)=O)C(CN)C1.Cl. The summed E-state index contributed by atoms with van der Waals surface area (Å²) in [6.07, 6.45) is 2.87. The number of halogens is 1. The second-order valence-electron chi connectivity index (χ2n) is 5.02. The number of likely N-dealkylation sites (tertiary alicyclic amines) is 1. The molecule has 0 aromatic carbocycles. The molecule has 3 atom stereocenters. The number of sulfone groups is 1. The van der Waals surface area contributed by atoms with Crippen LogP contribution in [0, 0.1) is 5.92 Å². The third kappa shape index (κ3) is 4.10. The second kappa shape index (κ2) is 6.73. The van der Waals surface area contributed by atoms with Crippen molar-refractivity contribution in [2.24, 2.45) is 11.7 Å². The minimum absolute atomic E-state index is 0. The lowest BCUT2D eigenvalue weighted by molar-refractivity contribution is -0.134. The number of rotatable bonds is 3. The van der Waals surface area contributed by atoms with Crippen molar-refractivity contribution >= 4 is 28.2 Å². The predicted octanol–water partition coefficient (Wildman–Crippen LogP) is 0.427. The molecule has 1 saturated heterocycles. The van der Waals surface area contributed by atoms with E-state index in [1.54, 1.807) is 4.90 Å². The molecule has 0 radical (unpaired) electrons. The number of amides is 1. The van der Waals surface area contributed by atoms with Gasteiger partial charge in [-0.1, -0.05) is 6.92 Å². The highest BCUT2D eigenvalue weighted by Gasteiger charge is 2.34. The molecule has 2 N–H and O–H groups in total. The van der Waals surface area contributed by atoms with Gasteiger partial charge in [0.25, 0.3) is 0 Å². The summed E-state index contributed by atoms with van der Waals surface area (Å²) in [6.45, 7) is 4.59. The van der Waals surface area contributed by atoms with Crippen LogP contribution in [0.4, 0.5) is 0 Å². The standard InChI is InChI=1S/C11H22N2O3S.ClH/c1-8-4-5-13(10(6-8)7-12)11(14)9(2)17(3,15)16;/h8-10H,4-7,12H2,1-3H3;1H. The van der Waals surface area contributed by atoms with E-state index in [1.165, 1.54) is 6.92 Å². The zero-order valence-electron chi connectivity index (χ0n) is 11.1. The minimum Gasteiger partial charge on any atom is -0.337 e.